The Labute approximate surface area is 153 Å². The molecule has 26 heavy (non-hydrogen) atoms. The first-order chi connectivity index (χ1) is 12.6. The maximum absolute atomic E-state index is 12.7. The largest absolute Gasteiger partial charge is 0.478 e. The zero-order chi connectivity index (χ0) is 18.0. The summed E-state index contributed by atoms with van der Waals surface area (Å²) in [5.74, 6) is 0.890. The fourth-order valence-electron chi connectivity index (χ4n) is 3.65. The summed E-state index contributed by atoms with van der Waals surface area (Å²) in [6.07, 6.45) is 6.38. The molecule has 0 saturated carbocycles. The van der Waals surface area contributed by atoms with Crippen molar-refractivity contribution in [3.8, 4) is 5.88 Å². The second-order valence-electron chi connectivity index (χ2n) is 6.67. The van der Waals surface area contributed by atoms with Crippen molar-refractivity contribution in [1.29, 1.82) is 0 Å². The quantitative estimate of drug-likeness (QED) is 0.765. The molecule has 2 aromatic heterocycles. The predicted octanol–water partition coefficient (Wildman–Crippen LogP) is 1.73. The molecule has 2 fully saturated rings. The Kier molecular flexibility index (Phi) is 4.64. The highest BCUT2D eigenvalue weighted by Gasteiger charge is 2.56. The highest BCUT2D eigenvalue weighted by Crippen LogP contribution is 2.43. The molecule has 0 aliphatic carbocycles. The van der Waals surface area contributed by atoms with E-state index < -0.39 is 10.0 Å². The van der Waals surface area contributed by atoms with Crippen LogP contribution in [0.15, 0.2) is 53.8 Å². The average Bonchev–Trinajstić information content (AvgIpc) is 3.06. The minimum Gasteiger partial charge on any atom is -0.478 e. The minimum absolute atomic E-state index is 0.225. The molecular formula is C18H21N3O4S. The molecule has 0 amide bonds. The van der Waals surface area contributed by atoms with Gasteiger partial charge in [0.25, 0.3) is 0 Å². The molecule has 2 aliphatic heterocycles. The van der Waals surface area contributed by atoms with Gasteiger partial charge in [0.1, 0.15) is 4.90 Å². The van der Waals surface area contributed by atoms with Crippen LogP contribution in [0.25, 0.3) is 0 Å². The molecule has 0 N–H and O–H groups in total. The molecule has 4 rings (SSSR count). The van der Waals surface area contributed by atoms with Gasteiger partial charge in [0.15, 0.2) is 0 Å². The van der Waals surface area contributed by atoms with Crippen LogP contribution in [0.5, 0.6) is 5.88 Å². The van der Waals surface area contributed by atoms with Gasteiger partial charge in [-0.2, -0.15) is 4.31 Å². The molecule has 138 valence electrons. The molecule has 1 atom stereocenters. The number of sulfonamides is 1. The Bertz CT molecular complexity index is 839. The van der Waals surface area contributed by atoms with E-state index in [1.54, 1.807) is 24.5 Å². The molecule has 2 aromatic rings. The summed E-state index contributed by atoms with van der Waals surface area (Å²) in [6, 6.07) is 8.76. The van der Waals surface area contributed by atoms with Crippen LogP contribution in [0.2, 0.25) is 0 Å². The van der Waals surface area contributed by atoms with Gasteiger partial charge in [0.2, 0.25) is 15.9 Å². The van der Waals surface area contributed by atoms with Gasteiger partial charge in [-0.3, -0.25) is 4.98 Å². The van der Waals surface area contributed by atoms with Crippen LogP contribution in [0.3, 0.4) is 0 Å². The van der Waals surface area contributed by atoms with E-state index in [0.717, 1.165) is 12.8 Å². The molecule has 2 saturated heterocycles. The van der Waals surface area contributed by atoms with Crippen LogP contribution < -0.4 is 4.74 Å². The zero-order valence-corrected chi connectivity index (χ0v) is 15.1. The Morgan fingerprint density at radius 2 is 2.12 bits per heavy atom. The standard InChI is InChI=1S/C18H21N3O4S/c22-26(23,16-4-3-8-19-12-16)21-13-18(14-21)15(7-11-25-18)6-10-24-17-5-1-2-9-20-17/h1-5,8-9,12,15H,6-7,10-11,13-14H2/t15-/m0/s1. The molecular weight excluding hydrogens is 354 g/mol. The Hall–Kier alpha value is -2.03. The van der Waals surface area contributed by atoms with Crippen LogP contribution >= 0.6 is 0 Å². The van der Waals surface area contributed by atoms with Gasteiger partial charge in [-0.1, -0.05) is 6.07 Å². The van der Waals surface area contributed by atoms with Crippen LogP contribution in [0.1, 0.15) is 12.8 Å². The molecule has 0 radical (unpaired) electrons. The number of rotatable bonds is 6. The second kappa shape index (κ2) is 6.94. The van der Waals surface area contributed by atoms with Crippen LogP contribution in [-0.2, 0) is 14.8 Å². The monoisotopic (exact) mass is 375 g/mol. The van der Waals surface area contributed by atoms with Crippen molar-refractivity contribution in [1.82, 2.24) is 14.3 Å². The lowest BCUT2D eigenvalue weighted by molar-refractivity contribution is -0.104. The maximum atomic E-state index is 12.7. The van der Waals surface area contributed by atoms with Crippen molar-refractivity contribution in [2.24, 2.45) is 5.92 Å². The van der Waals surface area contributed by atoms with Gasteiger partial charge >= 0.3 is 0 Å². The number of ether oxygens (including phenoxy) is 2. The number of hydrogen-bond donors (Lipinski definition) is 0. The number of hydrogen-bond acceptors (Lipinski definition) is 6. The Morgan fingerprint density at radius 1 is 1.23 bits per heavy atom. The third kappa shape index (κ3) is 3.20. The molecule has 1 spiro atoms. The summed E-state index contributed by atoms with van der Waals surface area (Å²) >= 11 is 0. The van der Waals surface area contributed by atoms with E-state index in [1.165, 1.54) is 10.5 Å². The lowest BCUT2D eigenvalue weighted by Crippen LogP contribution is -2.66. The molecule has 0 unspecified atom stereocenters. The fourth-order valence-corrected chi connectivity index (χ4v) is 5.17. The minimum atomic E-state index is -3.50. The van der Waals surface area contributed by atoms with Crippen molar-refractivity contribution >= 4 is 10.0 Å². The van der Waals surface area contributed by atoms with Crippen LogP contribution in [0, 0.1) is 5.92 Å². The SMILES string of the molecule is O=S(=O)(c1cccnc1)N1CC2(C1)OCC[C@@H]2CCOc1ccccn1. The van der Waals surface area contributed by atoms with E-state index in [1.807, 2.05) is 18.2 Å². The predicted molar refractivity (Wildman–Crippen MR) is 94.1 cm³/mol. The highest BCUT2D eigenvalue weighted by molar-refractivity contribution is 7.89. The van der Waals surface area contributed by atoms with Crippen molar-refractivity contribution in [2.75, 3.05) is 26.3 Å². The van der Waals surface area contributed by atoms with Crippen molar-refractivity contribution in [3.05, 3.63) is 48.9 Å². The van der Waals surface area contributed by atoms with E-state index in [4.69, 9.17) is 9.47 Å². The van der Waals surface area contributed by atoms with Crippen LogP contribution in [0.4, 0.5) is 0 Å². The van der Waals surface area contributed by atoms with Crippen molar-refractivity contribution < 1.29 is 17.9 Å². The Balaban J connectivity index is 1.36. The molecule has 0 bridgehead atoms. The van der Waals surface area contributed by atoms with Gasteiger partial charge in [0.05, 0.1) is 12.2 Å². The average molecular weight is 375 g/mol. The van der Waals surface area contributed by atoms with E-state index in [-0.39, 0.29) is 16.4 Å². The van der Waals surface area contributed by atoms with Crippen LogP contribution in [-0.4, -0.2) is 54.6 Å². The van der Waals surface area contributed by atoms with Crippen molar-refractivity contribution in [3.63, 3.8) is 0 Å². The van der Waals surface area contributed by atoms with Crippen molar-refractivity contribution in [2.45, 2.75) is 23.3 Å². The van der Waals surface area contributed by atoms with E-state index in [9.17, 15) is 8.42 Å². The summed E-state index contributed by atoms with van der Waals surface area (Å²) in [5.41, 5.74) is -0.386. The summed E-state index contributed by atoms with van der Waals surface area (Å²) in [7, 11) is -3.50. The third-order valence-corrected chi connectivity index (χ3v) is 6.89. The highest BCUT2D eigenvalue weighted by atomic mass is 32.2. The topological polar surface area (TPSA) is 81.6 Å². The summed E-state index contributed by atoms with van der Waals surface area (Å²) < 4.78 is 38.4. The second-order valence-corrected chi connectivity index (χ2v) is 8.60. The summed E-state index contributed by atoms with van der Waals surface area (Å²) in [4.78, 5) is 8.27. The van der Waals surface area contributed by atoms with E-state index in [0.29, 0.717) is 32.2 Å². The van der Waals surface area contributed by atoms with E-state index in [2.05, 4.69) is 9.97 Å². The normalized spacial score (nSPS) is 22.2. The maximum Gasteiger partial charge on any atom is 0.244 e. The third-order valence-electron chi connectivity index (χ3n) is 5.11. The molecule has 4 heterocycles. The lowest BCUT2D eigenvalue weighted by atomic mass is 9.80. The van der Waals surface area contributed by atoms with Gasteiger partial charge in [0, 0.05) is 44.4 Å². The first kappa shape index (κ1) is 17.4. The molecule has 7 nitrogen and oxygen atoms in total. The fraction of sp³-hybridized carbons (Fsp3) is 0.444. The Morgan fingerprint density at radius 3 is 2.85 bits per heavy atom. The number of pyridine rings is 2. The molecule has 0 aromatic carbocycles. The smallest absolute Gasteiger partial charge is 0.244 e. The summed E-state index contributed by atoms with van der Waals surface area (Å²) in [6.45, 7) is 1.98. The first-order valence-electron chi connectivity index (χ1n) is 8.68. The van der Waals surface area contributed by atoms with Gasteiger partial charge in [-0.25, -0.2) is 13.4 Å². The van der Waals surface area contributed by atoms with Gasteiger partial charge < -0.3 is 9.47 Å². The van der Waals surface area contributed by atoms with Gasteiger partial charge in [-0.05, 0) is 37.0 Å². The number of nitrogens with zero attached hydrogens (tertiary/aromatic N) is 3. The zero-order valence-electron chi connectivity index (χ0n) is 14.3. The molecule has 2 aliphatic rings. The van der Waals surface area contributed by atoms with E-state index >= 15 is 0 Å². The van der Waals surface area contributed by atoms with Gasteiger partial charge in [-0.15, -0.1) is 0 Å². The molecule has 8 heteroatoms. The number of aromatic nitrogens is 2. The first-order valence-corrected chi connectivity index (χ1v) is 10.1. The lowest BCUT2D eigenvalue weighted by Gasteiger charge is -2.49. The summed E-state index contributed by atoms with van der Waals surface area (Å²) in [5, 5.41) is 0.